The van der Waals surface area contributed by atoms with Gasteiger partial charge in [-0.1, -0.05) is 0 Å². The van der Waals surface area contributed by atoms with E-state index in [-0.39, 0.29) is 5.97 Å². The van der Waals surface area contributed by atoms with Crippen molar-refractivity contribution in [2.75, 3.05) is 19.0 Å². The zero-order chi connectivity index (χ0) is 11.5. The minimum Gasteiger partial charge on any atom is -0.462 e. The summed E-state index contributed by atoms with van der Waals surface area (Å²) < 4.78 is 5.96. The third kappa shape index (κ3) is 1.74. The van der Waals surface area contributed by atoms with Gasteiger partial charge >= 0.3 is 5.97 Å². The molecule has 0 fully saturated rings. The van der Waals surface area contributed by atoms with Crippen LogP contribution in [0.25, 0.3) is 10.2 Å². The lowest BCUT2D eigenvalue weighted by molar-refractivity contribution is 0.0527. The van der Waals surface area contributed by atoms with E-state index in [1.165, 1.54) is 0 Å². The van der Waals surface area contributed by atoms with Crippen LogP contribution < -0.4 is 5.32 Å². The summed E-state index contributed by atoms with van der Waals surface area (Å²) in [7, 11) is 1.79. The monoisotopic (exact) mass is 236 g/mol. The predicted octanol–water partition coefficient (Wildman–Crippen LogP) is 2.51. The molecule has 0 atom stereocenters. The van der Waals surface area contributed by atoms with Crippen LogP contribution in [0.3, 0.4) is 0 Å². The van der Waals surface area contributed by atoms with Gasteiger partial charge in [0.25, 0.3) is 0 Å². The van der Waals surface area contributed by atoms with Crippen molar-refractivity contribution in [1.29, 1.82) is 0 Å². The van der Waals surface area contributed by atoms with Crippen molar-refractivity contribution in [3.63, 3.8) is 0 Å². The summed E-state index contributed by atoms with van der Waals surface area (Å²) in [4.78, 5) is 15.9. The van der Waals surface area contributed by atoms with Crippen LogP contribution in [0.4, 0.5) is 5.69 Å². The molecule has 16 heavy (non-hydrogen) atoms. The highest BCUT2D eigenvalue weighted by Gasteiger charge is 2.15. The number of esters is 1. The average molecular weight is 236 g/mol. The fraction of sp³-hybridized carbons (Fsp3) is 0.273. The molecule has 5 heteroatoms. The second-order valence-electron chi connectivity index (χ2n) is 3.15. The van der Waals surface area contributed by atoms with Crippen LogP contribution in [-0.4, -0.2) is 24.6 Å². The lowest BCUT2D eigenvalue weighted by Crippen LogP contribution is -2.08. The third-order valence-electron chi connectivity index (χ3n) is 2.22. The largest absolute Gasteiger partial charge is 0.462 e. The summed E-state index contributed by atoms with van der Waals surface area (Å²) in [6.07, 6.45) is 1.55. The highest BCUT2D eigenvalue weighted by molar-refractivity contribution is 7.17. The second kappa shape index (κ2) is 4.49. The number of thiophene rings is 1. The molecule has 0 spiro atoms. The molecular formula is C11H12N2O2S. The fourth-order valence-electron chi connectivity index (χ4n) is 1.52. The lowest BCUT2D eigenvalue weighted by Gasteiger charge is -2.08. The number of ether oxygens (including phenoxy) is 1. The van der Waals surface area contributed by atoms with Gasteiger partial charge in [0, 0.05) is 13.2 Å². The van der Waals surface area contributed by atoms with E-state index in [4.69, 9.17) is 4.74 Å². The Labute approximate surface area is 97.3 Å². The number of rotatable bonds is 3. The number of hydrogen-bond acceptors (Lipinski definition) is 5. The summed E-state index contributed by atoms with van der Waals surface area (Å²) in [5.41, 5.74) is 2.17. The van der Waals surface area contributed by atoms with Gasteiger partial charge in [0.1, 0.15) is 5.56 Å². The molecule has 0 aromatic carbocycles. The Morgan fingerprint density at radius 2 is 2.44 bits per heavy atom. The Balaban J connectivity index is 2.56. The maximum Gasteiger partial charge on any atom is 0.341 e. The molecule has 0 aliphatic heterocycles. The summed E-state index contributed by atoms with van der Waals surface area (Å²) in [5.74, 6) is -0.338. The van der Waals surface area contributed by atoms with Crippen molar-refractivity contribution in [2.24, 2.45) is 0 Å². The number of nitrogens with one attached hydrogen (secondary N) is 1. The molecule has 1 N–H and O–H groups in total. The Morgan fingerprint density at radius 3 is 3.12 bits per heavy atom. The summed E-state index contributed by atoms with van der Waals surface area (Å²) >= 11 is 1.56. The molecule has 0 saturated carbocycles. The van der Waals surface area contributed by atoms with Gasteiger partial charge in [-0.3, -0.25) is 4.98 Å². The second-order valence-corrected chi connectivity index (χ2v) is 4.07. The normalized spacial score (nSPS) is 10.4. The number of carbonyl (C=O) groups excluding carboxylic acids is 1. The molecule has 2 aromatic rings. The van der Waals surface area contributed by atoms with Crippen molar-refractivity contribution in [3.8, 4) is 0 Å². The number of nitrogens with zero attached hydrogens (tertiary/aromatic N) is 1. The van der Waals surface area contributed by atoms with Crippen LogP contribution in [-0.2, 0) is 4.74 Å². The Kier molecular flexibility index (Phi) is 3.05. The maximum atomic E-state index is 11.7. The van der Waals surface area contributed by atoms with Crippen molar-refractivity contribution >= 4 is 33.2 Å². The van der Waals surface area contributed by atoms with Gasteiger partial charge in [0.2, 0.25) is 0 Å². The SMILES string of the molecule is CCOC(=O)c1cnc2ccsc2c1NC. The zero-order valence-corrected chi connectivity index (χ0v) is 9.93. The van der Waals surface area contributed by atoms with Gasteiger partial charge < -0.3 is 10.1 Å². The van der Waals surface area contributed by atoms with Crippen LogP contribution in [0.2, 0.25) is 0 Å². The Bertz CT molecular complexity index is 522. The van der Waals surface area contributed by atoms with Crippen LogP contribution in [0.1, 0.15) is 17.3 Å². The van der Waals surface area contributed by atoms with E-state index in [9.17, 15) is 4.79 Å². The van der Waals surface area contributed by atoms with Crippen LogP contribution in [0.5, 0.6) is 0 Å². The molecular weight excluding hydrogens is 224 g/mol. The van der Waals surface area contributed by atoms with E-state index >= 15 is 0 Å². The Hall–Kier alpha value is -1.62. The molecule has 0 unspecified atom stereocenters. The zero-order valence-electron chi connectivity index (χ0n) is 9.11. The van der Waals surface area contributed by atoms with E-state index in [0.717, 1.165) is 15.9 Å². The predicted molar refractivity (Wildman–Crippen MR) is 65.1 cm³/mol. The first-order valence-corrected chi connectivity index (χ1v) is 5.87. The molecule has 84 valence electrons. The molecule has 2 heterocycles. The Morgan fingerprint density at radius 1 is 1.62 bits per heavy atom. The van der Waals surface area contributed by atoms with Crippen molar-refractivity contribution < 1.29 is 9.53 Å². The summed E-state index contributed by atoms with van der Waals surface area (Å²) in [5, 5.41) is 4.99. The van der Waals surface area contributed by atoms with Gasteiger partial charge in [0.15, 0.2) is 0 Å². The number of hydrogen-bond donors (Lipinski definition) is 1. The first-order valence-electron chi connectivity index (χ1n) is 4.99. The van der Waals surface area contributed by atoms with Crippen molar-refractivity contribution in [3.05, 3.63) is 23.2 Å². The topological polar surface area (TPSA) is 51.2 Å². The molecule has 2 rings (SSSR count). The summed E-state index contributed by atoms with van der Waals surface area (Å²) in [6, 6.07) is 1.93. The summed E-state index contributed by atoms with van der Waals surface area (Å²) in [6.45, 7) is 2.15. The fourth-order valence-corrected chi connectivity index (χ4v) is 2.43. The molecule has 0 aliphatic rings. The van der Waals surface area contributed by atoms with Gasteiger partial charge in [0.05, 0.1) is 22.5 Å². The third-order valence-corrected chi connectivity index (χ3v) is 3.14. The van der Waals surface area contributed by atoms with Gasteiger partial charge in [-0.05, 0) is 18.4 Å². The maximum absolute atomic E-state index is 11.7. The number of carbonyl (C=O) groups is 1. The first-order chi connectivity index (χ1) is 7.77. The van der Waals surface area contributed by atoms with E-state index in [2.05, 4.69) is 10.3 Å². The quantitative estimate of drug-likeness (QED) is 0.832. The van der Waals surface area contributed by atoms with Gasteiger partial charge in [-0.2, -0.15) is 0 Å². The number of anilines is 1. The minimum atomic E-state index is -0.338. The highest BCUT2D eigenvalue weighted by atomic mass is 32.1. The smallest absolute Gasteiger partial charge is 0.341 e. The van der Waals surface area contributed by atoms with Crippen LogP contribution >= 0.6 is 11.3 Å². The van der Waals surface area contributed by atoms with E-state index in [0.29, 0.717) is 12.2 Å². The van der Waals surface area contributed by atoms with E-state index < -0.39 is 0 Å². The number of pyridine rings is 1. The van der Waals surface area contributed by atoms with E-state index in [1.54, 1.807) is 31.5 Å². The molecule has 0 bridgehead atoms. The number of aromatic nitrogens is 1. The van der Waals surface area contributed by atoms with E-state index in [1.807, 2.05) is 11.4 Å². The lowest BCUT2D eigenvalue weighted by atomic mass is 10.2. The molecule has 0 radical (unpaired) electrons. The average Bonchev–Trinajstić information content (AvgIpc) is 2.75. The van der Waals surface area contributed by atoms with Crippen LogP contribution in [0.15, 0.2) is 17.6 Å². The number of fused-ring (bicyclic) bond motifs is 1. The van der Waals surface area contributed by atoms with Gasteiger partial charge in [-0.15, -0.1) is 11.3 Å². The minimum absolute atomic E-state index is 0.338. The van der Waals surface area contributed by atoms with Crippen LogP contribution in [0, 0.1) is 0 Å². The van der Waals surface area contributed by atoms with Gasteiger partial charge in [-0.25, -0.2) is 4.79 Å². The van der Waals surface area contributed by atoms with Crippen molar-refractivity contribution in [1.82, 2.24) is 4.98 Å². The standard InChI is InChI=1S/C11H12N2O2S/c1-3-15-11(14)7-6-13-8-4-5-16-10(8)9(7)12-2/h4-6H,3H2,1-2H3,(H,12,13). The molecule has 0 amide bonds. The first kappa shape index (κ1) is 10.9. The molecule has 0 saturated heterocycles. The molecule has 0 aliphatic carbocycles. The molecule has 2 aromatic heterocycles. The van der Waals surface area contributed by atoms with Crippen molar-refractivity contribution in [2.45, 2.75) is 6.92 Å². The highest BCUT2D eigenvalue weighted by Crippen LogP contribution is 2.30. The molecule has 4 nitrogen and oxygen atoms in total.